The molecule has 0 radical (unpaired) electrons. The topological polar surface area (TPSA) is 69.2 Å². The van der Waals surface area contributed by atoms with Crippen LogP contribution in [0.25, 0.3) is 0 Å². The maximum Gasteiger partial charge on any atom is 0.277 e. The standard InChI is InChI=1S/C19H20N2O4/c1-12-4-5-13(2)19(14(12)3)23-10-18(22)21-20-9-15-6-7-16-17(8-15)25-11-24-16/h4-9H,10-11H2,1-3H3,(H,21,22)/b20-9-. The van der Waals surface area contributed by atoms with E-state index in [2.05, 4.69) is 10.5 Å². The van der Waals surface area contributed by atoms with Crippen LogP contribution >= 0.6 is 0 Å². The second kappa shape index (κ2) is 7.25. The maximum absolute atomic E-state index is 11.9. The zero-order valence-corrected chi connectivity index (χ0v) is 14.5. The van der Waals surface area contributed by atoms with Crippen molar-refractivity contribution in [3.8, 4) is 17.2 Å². The highest BCUT2D eigenvalue weighted by Crippen LogP contribution is 2.32. The molecule has 0 spiro atoms. The second-order valence-corrected chi connectivity index (χ2v) is 5.85. The van der Waals surface area contributed by atoms with Crippen LogP contribution in [0, 0.1) is 20.8 Å². The Morgan fingerprint density at radius 3 is 2.76 bits per heavy atom. The molecule has 6 heteroatoms. The van der Waals surface area contributed by atoms with Crippen LogP contribution in [0.3, 0.4) is 0 Å². The number of benzene rings is 2. The Bertz CT molecular complexity index is 830. The molecule has 1 aliphatic heterocycles. The Labute approximate surface area is 146 Å². The van der Waals surface area contributed by atoms with Crippen LogP contribution in [-0.4, -0.2) is 25.5 Å². The van der Waals surface area contributed by atoms with Gasteiger partial charge >= 0.3 is 0 Å². The van der Waals surface area contributed by atoms with Crippen LogP contribution in [-0.2, 0) is 4.79 Å². The van der Waals surface area contributed by atoms with Crippen molar-refractivity contribution < 1.29 is 19.0 Å². The number of aryl methyl sites for hydroxylation is 2. The third kappa shape index (κ3) is 3.91. The van der Waals surface area contributed by atoms with Gasteiger partial charge in [0.1, 0.15) is 5.75 Å². The van der Waals surface area contributed by atoms with Gasteiger partial charge in [-0.1, -0.05) is 12.1 Å². The summed E-state index contributed by atoms with van der Waals surface area (Å²) in [6.07, 6.45) is 1.54. The number of nitrogens with zero attached hydrogens (tertiary/aromatic N) is 1. The van der Waals surface area contributed by atoms with E-state index in [1.807, 2.05) is 39.0 Å². The lowest BCUT2D eigenvalue weighted by Gasteiger charge is -2.13. The molecule has 0 saturated carbocycles. The molecular weight excluding hydrogens is 320 g/mol. The molecule has 0 aliphatic carbocycles. The van der Waals surface area contributed by atoms with Crippen molar-refractivity contribution in [3.05, 3.63) is 52.6 Å². The fraction of sp³-hybridized carbons (Fsp3) is 0.263. The zero-order valence-electron chi connectivity index (χ0n) is 14.5. The number of nitrogens with one attached hydrogen (secondary N) is 1. The number of hydrazone groups is 1. The summed E-state index contributed by atoms with van der Waals surface area (Å²) in [5.74, 6) is 1.80. The zero-order chi connectivity index (χ0) is 17.8. The van der Waals surface area contributed by atoms with Crippen LogP contribution in [0.15, 0.2) is 35.4 Å². The van der Waals surface area contributed by atoms with Crippen molar-refractivity contribution in [1.29, 1.82) is 0 Å². The number of rotatable bonds is 5. The number of carbonyl (C=O) groups is 1. The smallest absolute Gasteiger partial charge is 0.277 e. The van der Waals surface area contributed by atoms with Crippen LogP contribution in [0.2, 0.25) is 0 Å². The summed E-state index contributed by atoms with van der Waals surface area (Å²) >= 11 is 0. The second-order valence-electron chi connectivity index (χ2n) is 5.85. The van der Waals surface area contributed by atoms with Gasteiger partial charge in [0.05, 0.1) is 6.21 Å². The summed E-state index contributed by atoms with van der Waals surface area (Å²) in [6, 6.07) is 9.45. The molecule has 1 amide bonds. The van der Waals surface area contributed by atoms with E-state index >= 15 is 0 Å². The van der Waals surface area contributed by atoms with Gasteiger partial charge in [-0.2, -0.15) is 5.10 Å². The van der Waals surface area contributed by atoms with Crippen molar-refractivity contribution >= 4 is 12.1 Å². The molecule has 0 aromatic heterocycles. The Balaban J connectivity index is 1.54. The summed E-state index contributed by atoms with van der Waals surface area (Å²) in [5.41, 5.74) is 6.42. The summed E-state index contributed by atoms with van der Waals surface area (Å²) in [7, 11) is 0. The molecule has 1 N–H and O–H groups in total. The van der Waals surface area contributed by atoms with E-state index in [9.17, 15) is 4.79 Å². The number of fused-ring (bicyclic) bond motifs is 1. The summed E-state index contributed by atoms with van der Waals surface area (Å²) in [6.45, 7) is 6.08. The highest BCUT2D eigenvalue weighted by molar-refractivity contribution is 5.83. The molecule has 130 valence electrons. The monoisotopic (exact) mass is 340 g/mol. The quantitative estimate of drug-likeness (QED) is 0.671. The van der Waals surface area contributed by atoms with Crippen molar-refractivity contribution in [1.82, 2.24) is 5.43 Å². The number of hydrogen-bond donors (Lipinski definition) is 1. The molecule has 2 aromatic carbocycles. The van der Waals surface area contributed by atoms with Crippen LogP contribution < -0.4 is 19.6 Å². The van der Waals surface area contributed by atoms with E-state index in [0.29, 0.717) is 11.5 Å². The van der Waals surface area contributed by atoms with Gasteiger partial charge in [-0.15, -0.1) is 0 Å². The summed E-state index contributed by atoms with van der Waals surface area (Å²) in [5, 5.41) is 3.94. The van der Waals surface area contributed by atoms with Crippen LogP contribution in [0.5, 0.6) is 17.2 Å². The average molecular weight is 340 g/mol. The first-order valence-electron chi connectivity index (χ1n) is 7.96. The van der Waals surface area contributed by atoms with Gasteiger partial charge in [0.25, 0.3) is 5.91 Å². The molecule has 1 heterocycles. The molecule has 0 unspecified atom stereocenters. The molecule has 1 aliphatic rings. The lowest BCUT2D eigenvalue weighted by Crippen LogP contribution is -2.25. The lowest BCUT2D eigenvalue weighted by atomic mass is 10.1. The Kier molecular flexibility index (Phi) is 4.88. The minimum atomic E-state index is -0.322. The first-order valence-corrected chi connectivity index (χ1v) is 7.96. The minimum Gasteiger partial charge on any atom is -0.483 e. The highest BCUT2D eigenvalue weighted by Gasteiger charge is 2.12. The third-order valence-electron chi connectivity index (χ3n) is 4.02. The molecule has 3 rings (SSSR count). The third-order valence-corrected chi connectivity index (χ3v) is 4.02. The molecular formula is C19H20N2O4. The predicted octanol–water partition coefficient (Wildman–Crippen LogP) is 2.87. The average Bonchev–Trinajstić information content (AvgIpc) is 3.06. The fourth-order valence-electron chi connectivity index (χ4n) is 2.49. The minimum absolute atomic E-state index is 0.0936. The molecule has 0 atom stereocenters. The van der Waals surface area contributed by atoms with E-state index < -0.39 is 0 Å². The first-order chi connectivity index (χ1) is 12.0. The van der Waals surface area contributed by atoms with Crippen LogP contribution in [0.1, 0.15) is 22.3 Å². The molecule has 2 aromatic rings. The lowest BCUT2D eigenvalue weighted by molar-refractivity contribution is -0.123. The predicted molar refractivity (Wildman–Crippen MR) is 94.4 cm³/mol. The normalized spacial score (nSPS) is 12.4. The highest BCUT2D eigenvalue weighted by atomic mass is 16.7. The van der Waals surface area contributed by atoms with E-state index in [1.54, 1.807) is 18.3 Å². The van der Waals surface area contributed by atoms with Gasteiger partial charge in [-0.3, -0.25) is 4.79 Å². The fourth-order valence-corrected chi connectivity index (χ4v) is 2.49. The van der Waals surface area contributed by atoms with Crippen molar-refractivity contribution in [2.45, 2.75) is 20.8 Å². The SMILES string of the molecule is Cc1ccc(C)c(OCC(=O)N/N=C\c2ccc3c(c2)OCO3)c1C. The molecule has 0 bridgehead atoms. The van der Waals surface area contributed by atoms with Crippen molar-refractivity contribution in [2.75, 3.05) is 13.4 Å². The molecule has 6 nitrogen and oxygen atoms in total. The number of carbonyl (C=O) groups excluding carboxylic acids is 1. The van der Waals surface area contributed by atoms with Crippen LogP contribution in [0.4, 0.5) is 0 Å². The van der Waals surface area contributed by atoms with E-state index in [0.717, 1.165) is 28.0 Å². The summed E-state index contributed by atoms with van der Waals surface area (Å²) in [4.78, 5) is 11.9. The van der Waals surface area contributed by atoms with Gasteiger partial charge in [-0.05, 0) is 61.2 Å². The Morgan fingerprint density at radius 1 is 1.16 bits per heavy atom. The molecule has 0 saturated heterocycles. The van der Waals surface area contributed by atoms with Gasteiger partial charge in [0.2, 0.25) is 6.79 Å². The molecule has 0 fully saturated rings. The Hall–Kier alpha value is -3.02. The first kappa shape index (κ1) is 16.8. The van der Waals surface area contributed by atoms with Crippen molar-refractivity contribution in [2.24, 2.45) is 5.10 Å². The largest absolute Gasteiger partial charge is 0.483 e. The van der Waals surface area contributed by atoms with Crippen molar-refractivity contribution in [3.63, 3.8) is 0 Å². The number of hydrogen-bond acceptors (Lipinski definition) is 5. The van der Waals surface area contributed by atoms with E-state index in [-0.39, 0.29) is 19.3 Å². The summed E-state index contributed by atoms with van der Waals surface area (Å²) < 4.78 is 16.2. The number of ether oxygens (including phenoxy) is 3. The number of amides is 1. The van der Waals surface area contributed by atoms with Gasteiger partial charge < -0.3 is 14.2 Å². The maximum atomic E-state index is 11.9. The van der Waals surface area contributed by atoms with Gasteiger partial charge in [0.15, 0.2) is 18.1 Å². The van der Waals surface area contributed by atoms with Gasteiger partial charge in [-0.25, -0.2) is 5.43 Å². The van der Waals surface area contributed by atoms with Gasteiger partial charge in [0, 0.05) is 0 Å². The van der Waals surface area contributed by atoms with E-state index in [4.69, 9.17) is 14.2 Å². The Morgan fingerprint density at radius 2 is 1.92 bits per heavy atom. The van der Waals surface area contributed by atoms with E-state index in [1.165, 1.54) is 0 Å². The molecule has 25 heavy (non-hydrogen) atoms.